The van der Waals surface area contributed by atoms with Crippen LogP contribution in [0.2, 0.25) is 0 Å². The third-order valence-electron chi connectivity index (χ3n) is 2.53. The van der Waals surface area contributed by atoms with E-state index in [1.807, 2.05) is 6.92 Å². The minimum absolute atomic E-state index is 0.0986. The van der Waals surface area contributed by atoms with Crippen LogP contribution in [0.3, 0.4) is 0 Å². The molecule has 6 heteroatoms. The van der Waals surface area contributed by atoms with Crippen molar-refractivity contribution in [3.63, 3.8) is 0 Å². The molecule has 0 saturated carbocycles. The molecule has 0 aliphatic rings. The van der Waals surface area contributed by atoms with Gasteiger partial charge in [0.25, 0.3) is 5.91 Å². The van der Waals surface area contributed by atoms with Gasteiger partial charge in [0.05, 0.1) is 5.56 Å². The molecule has 0 unspecified atom stereocenters. The maximum atomic E-state index is 12.0. The van der Waals surface area contributed by atoms with Crippen molar-refractivity contribution in [2.45, 2.75) is 19.8 Å². The number of aromatic nitrogens is 1. The second kappa shape index (κ2) is 9.50. The maximum absolute atomic E-state index is 12.0. The number of carbonyl (C=O) groups is 2. The molecule has 2 amide bonds. The summed E-state index contributed by atoms with van der Waals surface area (Å²) in [6.45, 7) is 2.55. The van der Waals surface area contributed by atoms with Crippen LogP contribution in [0.4, 0.5) is 0 Å². The number of pyridine rings is 1. The molecule has 1 heterocycles. The second-order valence-electron chi connectivity index (χ2n) is 4.22. The summed E-state index contributed by atoms with van der Waals surface area (Å²) in [4.78, 5) is 27.4. The molecule has 0 bridgehead atoms. The SMILES string of the molecule is CCCNC(=O)CCNC(=O)c1ncccc1C#CCO. The van der Waals surface area contributed by atoms with Crippen molar-refractivity contribution < 1.29 is 14.7 Å². The van der Waals surface area contributed by atoms with Crippen LogP contribution in [0.25, 0.3) is 0 Å². The number of hydrogen-bond acceptors (Lipinski definition) is 4. The summed E-state index contributed by atoms with van der Waals surface area (Å²) in [6, 6.07) is 3.31. The Hall–Kier alpha value is -2.39. The molecule has 1 aromatic heterocycles. The summed E-state index contributed by atoms with van der Waals surface area (Å²) in [5, 5.41) is 14.1. The van der Waals surface area contributed by atoms with E-state index in [2.05, 4.69) is 27.5 Å². The number of carbonyl (C=O) groups excluding carboxylic acids is 2. The van der Waals surface area contributed by atoms with E-state index in [0.29, 0.717) is 12.1 Å². The van der Waals surface area contributed by atoms with Gasteiger partial charge in [0, 0.05) is 25.7 Å². The predicted octanol–water partition coefficient (Wildman–Crippen LogP) is 0.0715. The highest BCUT2D eigenvalue weighted by Gasteiger charge is 2.11. The lowest BCUT2D eigenvalue weighted by Crippen LogP contribution is -2.31. The van der Waals surface area contributed by atoms with E-state index in [4.69, 9.17) is 5.11 Å². The normalized spacial score (nSPS) is 9.43. The summed E-state index contributed by atoms with van der Waals surface area (Å²) in [5.41, 5.74) is 0.631. The first kappa shape index (κ1) is 16.7. The monoisotopic (exact) mass is 289 g/mol. The molecule has 0 fully saturated rings. The van der Waals surface area contributed by atoms with Crippen molar-refractivity contribution >= 4 is 11.8 Å². The second-order valence-corrected chi connectivity index (χ2v) is 4.22. The van der Waals surface area contributed by atoms with Crippen LogP contribution in [-0.2, 0) is 4.79 Å². The number of rotatable bonds is 6. The van der Waals surface area contributed by atoms with E-state index >= 15 is 0 Å². The topological polar surface area (TPSA) is 91.3 Å². The van der Waals surface area contributed by atoms with Crippen LogP contribution in [0.15, 0.2) is 18.3 Å². The van der Waals surface area contributed by atoms with Crippen molar-refractivity contribution in [1.29, 1.82) is 0 Å². The summed E-state index contributed by atoms with van der Waals surface area (Å²) in [5.74, 6) is 4.66. The van der Waals surface area contributed by atoms with Gasteiger partial charge >= 0.3 is 0 Å². The van der Waals surface area contributed by atoms with Gasteiger partial charge in [-0.1, -0.05) is 18.8 Å². The van der Waals surface area contributed by atoms with Crippen LogP contribution in [0.1, 0.15) is 35.8 Å². The summed E-state index contributed by atoms with van der Waals surface area (Å²) in [6.07, 6.45) is 2.59. The molecule has 112 valence electrons. The third-order valence-corrected chi connectivity index (χ3v) is 2.53. The van der Waals surface area contributed by atoms with E-state index in [1.165, 1.54) is 6.20 Å². The standard InChI is InChI=1S/C15H19N3O3/c1-2-8-16-13(20)7-10-18-15(21)14-12(6-4-11-19)5-3-9-17-14/h3,5,9,19H,2,7-8,10-11H2,1H3,(H,16,20)(H,18,21). The molecule has 0 atom stereocenters. The highest BCUT2D eigenvalue weighted by Crippen LogP contribution is 2.03. The average molecular weight is 289 g/mol. The van der Waals surface area contributed by atoms with Gasteiger partial charge in [0.15, 0.2) is 0 Å². The lowest BCUT2D eigenvalue weighted by Gasteiger charge is -2.06. The molecule has 0 aromatic carbocycles. The molecule has 0 aliphatic carbocycles. The zero-order valence-corrected chi connectivity index (χ0v) is 12.0. The zero-order valence-electron chi connectivity index (χ0n) is 12.0. The Morgan fingerprint density at radius 1 is 1.33 bits per heavy atom. The molecule has 1 aromatic rings. The van der Waals surface area contributed by atoms with Crippen LogP contribution in [0.5, 0.6) is 0 Å². The van der Waals surface area contributed by atoms with Gasteiger partial charge in [-0.2, -0.15) is 0 Å². The minimum Gasteiger partial charge on any atom is -0.384 e. The molecular weight excluding hydrogens is 270 g/mol. The number of aliphatic hydroxyl groups is 1. The maximum Gasteiger partial charge on any atom is 0.271 e. The van der Waals surface area contributed by atoms with Gasteiger partial charge in [0.1, 0.15) is 12.3 Å². The van der Waals surface area contributed by atoms with Crippen molar-refractivity contribution in [2.75, 3.05) is 19.7 Å². The number of nitrogens with zero attached hydrogens (tertiary/aromatic N) is 1. The Labute approximate surface area is 124 Å². The van der Waals surface area contributed by atoms with E-state index in [9.17, 15) is 9.59 Å². The number of hydrogen-bond donors (Lipinski definition) is 3. The highest BCUT2D eigenvalue weighted by atomic mass is 16.2. The Morgan fingerprint density at radius 3 is 2.86 bits per heavy atom. The van der Waals surface area contributed by atoms with Gasteiger partial charge < -0.3 is 15.7 Å². The first-order chi connectivity index (χ1) is 10.2. The van der Waals surface area contributed by atoms with Crippen molar-refractivity contribution in [3.05, 3.63) is 29.6 Å². The van der Waals surface area contributed by atoms with E-state index in [0.717, 1.165) is 6.42 Å². The van der Waals surface area contributed by atoms with Crippen molar-refractivity contribution in [3.8, 4) is 11.8 Å². The van der Waals surface area contributed by atoms with Crippen molar-refractivity contribution in [2.24, 2.45) is 0 Å². The fourth-order valence-corrected chi connectivity index (χ4v) is 1.55. The lowest BCUT2D eigenvalue weighted by molar-refractivity contribution is -0.120. The number of amides is 2. The first-order valence-electron chi connectivity index (χ1n) is 6.78. The fraction of sp³-hybridized carbons (Fsp3) is 0.400. The Balaban J connectivity index is 2.54. The third kappa shape index (κ3) is 6.06. The molecule has 0 spiro atoms. The lowest BCUT2D eigenvalue weighted by atomic mass is 10.2. The van der Waals surface area contributed by atoms with Gasteiger partial charge in [-0.25, -0.2) is 4.98 Å². The van der Waals surface area contributed by atoms with Gasteiger partial charge in [-0.15, -0.1) is 0 Å². The summed E-state index contributed by atoms with van der Waals surface area (Å²) >= 11 is 0. The van der Waals surface area contributed by atoms with Gasteiger partial charge in [-0.3, -0.25) is 9.59 Å². The smallest absolute Gasteiger partial charge is 0.271 e. The first-order valence-corrected chi connectivity index (χ1v) is 6.78. The number of nitrogens with one attached hydrogen (secondary N) is 2. The fourth-order valence-electron chi connectivity index (χ4n) is 1.55. The molecule has 0 radical (unpaired) electrons. The molecule has 0 aliphatic heterocycles. The molecule has 0 saturated heterocycles. The summed E-state index contributed by atoms with van der Waals surface area (Å²) < 4.78 is 0. The Kier molecular flexibility index (Phi) is 7.54. The van der Waals surface area contributed by atoms with Gasteiger partial charge in [0.2, 0.25) is 5.91 Å². The molecular formula is C15H19N3O3. The van der Waals surface area contributed by atoms with Crippen LogP contribution < -0.4 is 10.6 Å². The molecule has 3 N–H and O–H groups in total. The van der Waals surface area contributed by atoms with Crippen LogP contribution in [-0.4, -0.2) is 41.6 Å². The average Bonchev–Trinajstić information content (AvgIpc) is 2.51. The Bertz CT molecular complexity index is 547. The predicted molar refractivity (Wildman–Crippen MR) is 78.5 cm³/mol. The summed E-state index contributed by atoms with van der Waals surface area (Å²) in [7, 11) is 0. The minimum atomic E-state index is -0.388. The van der Waals surface area contributed by atoms with Crippen LogP contribution >= 0.6 is 0 Å². The largest absolute Gasteiger partial charge is 0.384 e. The van der Waals surface area contributed by atoms with Gasteiger partial charge in [-0.05, 0) is 18.6 Å². The van der Waals surface area contributed by atoms with E-state index < -0.39 is 0 Å². The quantitative estimate of drug-likeness (QED) is 0.646. The van der Waals surface area contributed by atoms with Crippen molar-refractivity contribution in [1.82, 2.24) is 15.6 Å². The molecule has 1 rings (SSSR count). The highest BCUT2D eigenvalue weighted by molar-refractivity contribution is 5.94. The molecule has 21 heavy (non-hydrogen) atoms. The van der Waals surface area contributed by atoms with Crippen LogP contribution in [0, 0.1) is 11.8 Å². The Morgan fingerprint density at radius 2 is 2.14 bits per heavy atom. The zero-order chi connectivity index (χ0) is 15.5. The van der Waals surface area contributed by atoms with E-state index in [1.54, 1.807) is 12.1 Å². The number of aliphatic hydroxyl groups excluding tert-OH is 1. The molecule has 6 nitrogen and oxygen atoms in total. The van der Waals surface area contributed by atoms with E-state index in [-0.39, 0.29) is 37.1 Å².